The molecule has 3 aromatic rings. The van der Waals surface area contributed by atoms with Gasteiger partial charge in [-0.3, -0.25) is 0 Å². The third kappa shape index (κ3) is 2.65. The van der Waals surface area contributed by atoms with Crippen molar-refractivity contribution in [2.24, 2.45) is 7.05 Å². The van der Waals surface area contributed by atoms with E-state index < -0.39 is 0 Å². The third-order valence-electron chi connectivity index (χ3n) is 2.49. The Morgan fingerprint density at radius 3 is 2.84 bits per heavy atom. The van der Waals surface area contributed by atoms with Crippen LogP contribution in [0.15, 0.2) is 46.3 Å². The van der Waals surface area contributed by atoms with Crippen LogP contribution in [-0.4, -0.2) is 24.9 Å². The van der Waals surface area contributed by atoms with E-state index >= 15 is 0 Å². The van der Waals surface area contributed by atoms with E-state index in [0.29, 0.717) is 17.5 Å². The van der Waals surface area contributed by atoms with Gasteiger partial charge in [0.15, 0.2) is 5.16 Å². The molecular weight excluding hydrogens is 262 g/mol. The van der Waals surface area contributed by atoms with Gasteiger partial charge in [-0.15, -0.1) is 10.2 Å². The summed E-state index contributed by atoms with van der Waals surface area (Å²) in [5.74, 6) is 1.76. The van der Waals surface area contributed by atoms with Crippen LogP contribution in [0.5, 0.6) is 0 Å². The Morgan fingerprint density at radius 1 is 1.26 bits per heavy atom. The van der Waals surface area contributed by atoms with Gasteiger partial charge in [0, 0.05) is 12.6 Å². The maximum Gasteiger partial charge on any atom is 0.237 e. The lowest BCUT2D eigenvalue weighted by Gasteiger charge is -1.95. The molecule has 3 rings (SSSR count). The summed E-state index contributed by atoms with van der Waals surface area (Å²) in [6.45, 7) is 0. The summed E-state index contributed by atoms with van der Waals surface area (Å²) < 4.78 is 7.06. The molecule has 0 saturated carbocycles. The molecule has 0 radical (unpaired) electrons. The van der Waals surface area contributed by atoms with Gasteiger partial charge in [-0.1, -0.05) is 47.3 Å². The van der Waals surface area contributed by atoms with Gasteiger partial charge in [-0.25, -0.2) is 0 Å². The van der Waals surface area contributed by atoms with Crippen LogP contribution in [0, 0.1) is 0 Å². The Labute approximate surface area is 113 Å². The first kappa shape index (κ1) is 11.9. The van der Waals surface area contributed by atoms with Crippen LogP contribution in [0.3, 0.4) is 0 Å². The van der Waals surface area contributed by atoms with Crippen LogP contribution in [0.25, 0.3) is 11.4 Å². The van der Waals surface area contributed by atoms with Gasteiger partial charge in [-0.2, -0.15) is 4.98 Å². The van der Waals surface area contributed by atoms with E-state index in [9.17, 15) is 0 Å². The maximum absolute atomic E-state index is 5.22. The summed E-state index contributed by atoms with van der Waals surface area (Å²) in [7, 11) is 1.89. The Bertz CT molecular complexity index is 664. The first-order valence-corrected chi connectivity index (χ1v) is 6.66. The van der Waals surface area contributed by atoms with Crippen molar-refractivity contribution in [1.82, 2.24) is 24.9 Å². The predicted molar refractivity (Wildman–Crippen MR) is 70.3 cm³/mol. The van der Waals surface area contributed by atoms with Crippen molar-refractivity contribution in [1.29, 1.82) is 0 Å². The molecule has 1 aromatic carbocycles. The highest BCUT2D eigenvalue weighted by Crippen LogP contribution is 2.21. The molecule has 0 saturated heterocycles. The van der Waals surface area contributed by atoms with Gasteiger partial charge in [0.2, 0.25) is 11.7 Å². The molecule has 0 atom stereocenters. The van der Waals surface area contributed by atoms with E-state index in [1.165, 1.54) is 11.8 Å². The maximum atomic E-state index is 5.22. The van der Waals surface area contributed by atoms with Crippen LogP contribution in [0.1, 0.15) is 5.89 Å². The molecule has 0 unspecified atom stereocenters. The minimum Gasteiger partial charge on any atom is -0.338 e. The van der Waals surface area contributed by atoms with E-state index in [1.807, 2.05) is 41.9 Å². The zero-order valence-electron chi connectivity index (χ0n) is 10.2. The molecule has 7 heteroatoms. The largest absolute Gasteiger partial charge is 0.338 e. The van der Waals surface area contributed by atoms with Gasteiger partial charge < -0.3 is 9.09 Å². The second-order valence-electron chi connectivity index (χ2n) is 3.89. The monoisotopic (exact) mass is 273 g/mol. The standard InChI is InChI=1S/C12H11N5OS/c1-17-8-13-15-12(17)19-7-10-14-11(16-18-10)9-5-3-2-4-6-9/h2-6,8H,7H2,1H3. The number of rotatable bonds is 4. The van der Waals surface area contributed by atoms with Crippen LogP contribution in [-0.2, 0) is 12.8 Å². The highest BCUT2D eigenvalue weighted by atomic mass is 32.2. The SMILES string of the molecule is Cn1cnnc1SCc1nc(-c2ccccc2)no1. The van der Waals surface area contributed by atoms with E-state index in [1.54, 1.807) is 6.33 Å². The van der Waals surface area contributed by atoms with Gasteiger partial charge in [-0.05, 0) is 0 Å². The highest BCUT2D eigenvalue weighted by molar-refractivity contribution is 7.98. The van der Waals surface area contributed by atoms with E-state index in [0.717, 1.165) is 10.7 Å². The van der Waals surface area contributed by atoms with Crippen molar-refractivity contribution < 1.29 is 4.52 Å². The number of hydrogen-bond acceptors (Lipinski definition) is 6. The Morgan fingerprint density at radius 2 is 2.11 bits per heavy atom. The predicted octanol–water partition coefficient (Wildman–Crippen LogP) is 2.16. The van der Waals surface area contributed by atoms with Crippen molar-refractivity contribution in [2.75, 3.05) is 0 Å². The lowest BCUT2D eigenvalue weighted by atomic mass is 10.2. The number of hydrogen-bond donors (Lipinski definition) is 0. The summed E-state index contributed by atoms with van der Waals surface area (Å²) in [4.78, 5) is 4.35. The van der Waals surface area contributed by atoms with Gasteiger partial charge >= 0.3 is 0 Å². The zero-order chi connectivity index (χ0) is 13.1. The molecule has 0 aliphatic rings. The Hall–Kier alpha value is -2.15. The molecule has 0 spiro atoms. The van der Waals surface area contributed by atoms with E-state index in [4.69, 9.17) is 4.52 Å². The molecule has 0 N–H and O–H groups in total. The molecule has 0 aliphatic carbocycles. The van der Waals surface area contributed by atoms with Crippen molar-refractivity contribution in [2.45, 2.75) is 10.9 Å². The van der Waals surface area contributed by atoms with Crippen LogP contribution < -0.4 is 0 Å². The molecule has 0 amide bonds. The Kier molecular flexibility index (Phi) is 3.28. The van der Waals surface area contributed by atoms with Crippen molar-refractivity contribution >= 4 is 11.8 Å². The molecule has 0 bridgehead atoms. The van der Waals surface area contributed by atoms with Crippen LogP contribution in [0.4, 0.5) is 0 Å². The number of nitrogens with zero attached hydrogens (tertiary/aromatic N) is 5. The quantitative estimate of drug-likeness (QED) is 0.678. The summed E-state index contributed by atoms with van der Waals surface area (Å²) in [6.07, 6.45) is 1.66. The number of aryl methyl sites for hydroxylation is 1. The van der Waals surface area contributed by atoms with E-state index in [2.05, 4.69) is 20.3 Å². The first-order valence-electron chi connectivity index (χ1n) is 5.68. The van der Waals surface area contributed by atoms with Gasteiger partial charge in [0.25, 0.3) is 0 Å². The summed E-state index contributed by atoms with van der Waals surface area (Å²) in [5.41, 5.74) is 0.946. The van der Waals surface area contributed by atoms with Crippen molar-refractivity contribution in [3.05, 3.63) is 42.5 Å². The summed E-state index contributed by atoms with van der Waals surface area (Å²) >= 11 is 1.51. The minimum atomic E-state index is 0.576. The molecular formula is C12H11N5OS. The molecule has 96 valence electrons. The average molecular weight is 273 g/mol. The van der Waals surface area contributed by atoms with Crippen molar-refractivity contribution in [3.63, 3.8) is 0 Å². The zero-order valence-corrected chi connectivity index (χ0v) is 11.0. The highest BCUT2D eigenvalue weighted by Gasteiger charge is 2.10. The third-order valence-corrected chi connectivity index (χ3v) is 3.51. The smallest absolute Gasteiger partial charge is 0.237 e. The lowest BCUT2D eigenvalue weighted by Crippen LogP contribution is -1.90. The fourth-order valence-corrected chi connectivity index (χ4v) is 2.27. The minimum absolute atomic E-state index is 0.576. The molecule has 6 nitrogen and oxygen atoms in total. The molecule has 19 heavy (non-hydrogen) atoms. The number of thioether (sulfide) groups is 1. The Balaban J connectivity index is 1.70. The summed E-state index contributed by atoms with van der Waals surface area (Å²) in [6, 6.07) is 9.74. The molecule has 2 heterocycles. The molecule has 2 aromatic heterocycles. The van der Waals surface area contributed by atoms with E-state index in [-0.39, 0.29) is 0 Å². The normalized spacial score (nSPS) is 10.8. The second-order valence-corrected chi connectivity index (χ2v) is 4.83. The first-order chi connectivity index (χ1) is 9.33. The van der Waals surface area contributed by atoms with Crippen LogP contribution in [0.2, 0.25) is 0 Å². The molecule has 0 aliphatic heterocycles. The van der Waals surface area contributed by atoms with Gasteiger partial charge in [0.05, 0.1) is 5.75 Å². The average Bonchev–Trinajstić information content (AvgIpc) is 3.06. The topological polar surface area (TPSA) is 69.6 Å². The fourth-order valence-electron chi connectivity index (χ4n) is 1.55. The van der Waals surface area contributed by atoms with Crippen LogP contribution >= 0.6 is 11.8 Å². The van der Waals surface area contributed by atoms with Gasteiger partial charge in [0.1, 0.15) is 6.33 Å². The second kappa shape index (κ2) is 5.23. The molecule has 0 fully saturated rings. The lowest BCUT2D eigenvalue weighted by molar-refractivity contribution is 0.391. The fraction of sp³-hybridized carbons (Fsp3) is 0.167. The number of benzene rings is 1. The summed E-state index contributed by atoms with van der Waals surface area (Å²) in [5, 5.41) is 12.6. The number of aromatic nitrogens is 5. The van der Waals surface area contributed by atoms with Crippen molar-refractivity contribution in [3.8, 4) is 11.4 Å².